The Hall–Kier alpha value is -1.42. The van der Waals surface area contributed by atoms with E-state index in [4.69, 9.17) is 5.73 Å². The molecule has 0 fully saturated rings. The molecule has 106 valence electrons. The Balaban J connectivity index is 2.73. The first-order valence-corrected chi connectivity index (χ1v) is 6.86. The van der Waals surface area contributed by atoms with Gasteiger partial charge in [0.2, 0.25) is 5.91 Å². The third-order valence-corrected chi connectivity index (χ3v) is 3.34. The zero-order valence-corrected chi connectivity index (χ0v) is 11.7. The van der Waals surface area contributed by atoms with Crippen LogP contribution in [0.4, 0.5) is 4.39 Å². The van der Waals surface area contributed by atoms with E-state index in [0.29, 0.717) is 19.5 Å². The van der Waals surface area contributed by atoms with Gasteiger partial charge in [0.25, 0.3) is 0 Å². The summed E-state index contributed by atoms with van der Waals surface area (Å²) >= 11 is 0. The SMILES string of the molecule is CCC(CC)N(CCN)C(=O)Cc1ccc(F)cc1. The molecule has 1 aromatic rings. The van der Waals surface area contributed by atoms with Gasteiger partial charge >= 0.3 is 0 Å². The zero-order chi connectivity index (χ0) is 14.3. The van der Waals surface area contributed by atoms with Gasteiger partial charge in [-0.2, -0.15) is 0 Å². The standard InChI is InChI=1S/C15H23FN2O/c1-3-14(4-2)18(10-9-17)15(19)11-12-5-7-13(16)8-6-12/h5-8,14H,3-4,9-11,17H2,1-2H3. The molecule has 0 atom stereocenters. The predicted octanol–water partition coefficient (Wildman–Crippen LogP) is 2.34. The van der Waals surface area contributed by atoms with Gasteiger partial charge in [-0.25, -0.2) is 4.39 Å². The first kappa shape index (κ1) is 15.6. The number of hydrogen-bond donors (Lipinski definition) is 1. The van der Waals surface area contributed by atoms with Gasteiger partial charge in [0, 0.05) is 19.1 Å². The van der Waals surface area contributed by atoms with Crippen molar-refractivity contribution in [3.05, 3.63) is 35.6 Å². The highest BCUT2D eigenvalue weighted by atomic mass is 19.1. The van der Waals surface area contributed by atoms with Crippen LogP contribution < -0.4 is 5.73 Å². The summed E-state index contributed by atoms with van der Waals surface area (Å²) in [5.41, 5.74) is 6.42. The maximum absolute atomic E-state index is 12.8. The molecule has 0 saturated carbocycles. The van der Waals surface area contributed by atoms with Crippen LogP contribution in [-0.2, 0) is 11.2 Å². The van der Waals surface area contributed by atoms with Crippen LogP contribution in [0.2, 0.25) is 0 Å². The van der Waals surface area contributed by atoms with Crippen molar-refractivity contribution in [3.63, 3.8) is 0 Å². The van der Waals surface area contributed by atoms with Crippen molar-refractivity contribution in [1.82, 2.24) is 4.90 Å². The molecular weight excluding hydrogens is 243 g/mol. The van der Waals surface area contributed by atoms with E-state index in [2.05, 4.69) is 13.8 Å². The molecule has 19 heavy (non-hydrogen) atoms. The zero-order valence-electron chi connectivity index (χ0n) is 11.7. The molecule has 0 aliphatic heterocycles. The minimum absolute atomic E-state index is 0.0609. The third-order valence-electron chi connectivity index (χ3n) is 3.34. The van der Waals surface area contributed by atoms with Crippen LogP contribution in [0.15, 0.2) is 24.3 Å². The summed E-state index contributed by atoms with van der Waals surface area (Å²) in [6.07, 6.45) is 2.15. The smallest absolute Gasteiger partial charge is 0.227 e. The van der Waals surface area contributed by atoms with Gasteiger partial charge in [0.1, 0.15) is 5.82 Å². The van der Waals surface area contributed by atoms with Gasteiger partial charge in [0.05, 0.1) is 6.42 Å². The largest absolute Gasteiger partial charge is 0.338 e. The van der Waals surface area contributed by atoms with E-state index in [1.807, 2.05) is 4.90 Å². The number of hydrogen-bond acceptors (Lipinski definition) is 2. The van der Waals surface area contributed by atoms with E-state index >= 15 is 0 Å². The number of carbonyl (C=O) groups is 1. The van der Waals surface area contributed by atoms with Gasteiger partial charge in [-0.05, 0) is 30.5 Å². The average molecular weight is 266 g/mol. The van der Waals surface area contributed by atoms with Crippen molar-refractivity contribution in [3.8, 4) is 0 Å². The van der Waals surface area contributed by atoms with E-state index in [1.165, 1.54) is 12.1 Å². The topological polar surface area (TPSA) is 46.3 Å². The molecule has 1 rings (SSSR count). The second-order valence-electron chi connectivity index (χ2n) is 4.65. The van der Waals surface area contributed by atoms with Crippen molar-refractivity contribution in [2.24, 2.45) is 5.73 Å². The number of carbonyl (C=O) groups excluding carboxylic acids is 1. The molecule has 0 heterocycles. The Labute approximate surface area is 114 Å². The van der Waals surface area contributed by atoms with Gasteiger partial charge in [-0.3, -0.25) is 4.79 Å². The second kappa shape index (κ2) is 7.89. The van der Waals surface area contributed by atoms with Gasteiger partial charge in [0.15, 0.2) is 0 Å². The summed E-state index contributed by atoms with van der Waals surface area (Å²) in [4.78, 5) is 14.2. The van der Waals surface area contributed by atoms with Crippen molar-refractivity contribution in [2.75, 3.05) is 13.1 Å². The fraction of sp³-hybridized carbons (Fsp3) is 0.533. The Kier molecular flexibility index (Phi) is 6.50. The molecular formula is C15H23FN2O. The fourth-order valence-electron chi connectivity index (χ4n) is 2.26. The fourth-order valence-corrected chi connectivity index (χ4v) is 2.26. The molecule has 0 aromatic heterocycles. The molecule has 1 amide bonds. The summed E-state index contributed by atoms with van der Waals surface area (Å²) in [5, 5.41) is 0. The summed E-state index contributed by atoms with van der Waals surface area (Å²) in [6, 6.07) is 6.30. The molecule has 0 unspecified atom stereocenters. The molecule has 2 N–H and O–H groups in total. The first-order valence-electron chi connectivity index (χ1n) is 6.86. The minimum Gasteiger partial charge on any atom is -0.338 e. The number of amides is 1. The second-order valence-corrected chi connectivity index (χ2v) is 4.65. The quantitative estimate of drug-likeness (QED) is 0.823. The maximum Gasteiger partial charge on any atom is 0.227 e. The number of rotatable bonds is 7. The Bertz CT molecular complexity index is 388. The monoisotopic (exact) mass is 266 g/mol. The molecule has 3 nitrogen and oxygen atoms in total. The lowest BCUT2D eigenvalue weighted by molar-refractivity contribution is -0.132. The molecule has 0 aliphatic rings. The van der Waals surface area contributed by atoms with Crippen LogP contribution >= 0.6 is 0 Å². The van der Waals surface area contributed by atoms with Gasteiger partial charge in [-0.1, -0.05) is 26.0 Å². The summed E-state index contributed by atoms with van der Waals surface area (Å²) in [7, 11) is 0. The number of halogens is 1. The lowest BCUT2D eigenvalue weighted by Gasteiger charge is -2.30. The Morgan fingerprint density at radius 2 is 1.84 bits per heavy atom. The van der Waals surface area contributed by atoms with Crippen LogP contribution in [0.1, 0.15) is 32.3 Å². The van der Waals surface area contributed by atoms with Crippen LogP contribution in [0.3, 0.4) is 0 Å². The summed E-state index contributed by atoms with van der Waals surface area (Å²) in [6.45, 7) is 5.18. The lowest BCUT2D eigenvalue weighted by atomic mass is 10.1. The third kappa shape index (κ3) is 4.63. The van der Waals surface area contributed by atoms with Crippen LogP contribution in [0.5, 0.6) is 0 Å². The highest BCUT2D eigenvalue weighted by Crippen LogP contribution is 2.12. The van der Waals surface area contributed by atoms with E-state index in [1.54, 1.807) is 12.1 Å². The lowest BCUT2D eigenvalue weighted by Crippen LogP contribution is -2.43. The highest BCUT2D eigenvalue weighted by molar-refractivity contribution is 5.79. The van der Waals surface area contributed by atoms with Gasteiger partial charge < -0.3 is 10.6 Å². The average Bonchev–Trinajstić information content (AvgIpc) is 2.41. The molecule has 1 aromatic carbocycles. The van der Waals surface area contributed by atoms with E-state index in [9.17, 15) is 9.18 Å². The Morgan fingerprint density at radius 1 is 1.26 bits per heavy atom. The number of nitrogens with two attached hydrogens (primary N) is 1. The van der Waals surface area contributed by atoms with Crippen LogP contribution in [-0.4, -0.2) is 29.9 Å². The molecule has 0 saturated heterocycles. The Morgan fingerprint density at radius 3 is 2.32 bits per heavy atom. The maximum atomic E-state index is 12.8. The van der Waals surface area contributed by atoms with Crippen molar-refractivity contribution >= 4 is 5.91 Å². The van der Waals surface area contributed by atoms with Crippen LogP contribution in [0, 0.1) is 5.82 Å². The van der Waals surface area contributed by atoms with Crippen molar-refractivity contribution < 1.29 is 9.18 Å². The molecule has 0 radical (unpaired) electrons. The highest BCUT2D eigenvalue weighted by Gasteiger charge is 2.20. The van der Waals surface area contributed by atoms with Crippen molar-refractivity contribution in [2.45, 2.75) is 39.2 Å². The normalized spacial score (nSPS) is 10.8. The van der Waals surface area contributed by atoms with Crippen LogP contribution in [0.25, 0.3) is 0 Å². The number of nitrogens with zero attached hydrogens (tertiary/aromatic N) is 1. The number of benzene rings is 1. The molecule has 4 heteroatoms. The minimum atomic E-state index is -0.282. The first-order chi connectivity index (χ1) is 9.12. The molecule has 0 aliphatic carbocycles. The summed E-state index contributed by atoms with van der Waals surface area (Å²) < 4.78 is 12.8. The molecule has 0 spiro atoms. The van der Waals surface area contributed by atoms with E-state index in [0.717, 1.165) is 18.4 Å². The van der Waals surface area contributed by atoms with E-state index < -0.39 is 0 Å². The van der Waals surface area contributed by atoms with Gasteiger partial charge in [-0.15, -0.1) is 0 Å². The predicted molar refractivity (Wildman–Crippen MR) is 75.2 cm³/mol. The van der Waals surface area contributed by atoms with Crippen molar-refractivity contribution in [1.29, 1.82) is 0 Å². The summed E-state index contributed by atoms with van der Waals surface area (Å²) in [5.74, 6) is -0.222. The van der Waals surface area contributed by atoms with E-state index in [-0.39, 0.29) is 17.8 Å². The molecule has 0 bridgehead atoms.